The summed E-state index contributed by atoms with van der Waals surface area (Å²) < 4.78 is 6.89. The van der Waals surface area contributed by atoms with E-state index in [9.17, 15) is 0 Å². The van der Waals surface area contributed by atoms with Crippen LogP contribution >= 0.6 is 0 Å². The molecule has 2 nitrogen and oxygen atoms in total. The van der Waals surface area contributed by atoms with E-state index in [2.05, 4.69) is 243 Å². The average Bonchev–Trinajstić information content (AvgIpc) is 4.07. The Balaban J connectivity index is 1.03. The molecule has 1 heterocycles. The van der Waals surface area contributed by atoms with Crippen LogP contribution in [0.2, 0.25) is 0 Å². The molecule has 1 spiro atoms. The van der Waals surface area contributed by atoms with Crippen LogP contribution in [0.25, 0.3) is 77.6 Å². The summed E-state index contributed by atoms with van der Waals surface area (Å²) in [6, 6.07) is 83.2. The second kappa shape index (κ2) is 13.7. The Bertz CT molecular complexity index is 3800. The number of furan rings is 1. The van der Waals surface area contributed by atoms with Gasteiger partial charge in [0.15, 0.2) is 0 Å². The molecule has 0 bridgehead atoms. The largest absolute Gasteiger partial charge is 0.455 e. The van der Waals surface area contributed by atoms with E-state index in [0.29, 0.717) is 0 Å². The number of anilines is 3. The highest BCUT2D eigenvalue weighted by atomic mass is 16.3. The number of para-hydroxylation sites is 2. The maximum atomic E-state index is 6.89. The molecule has 3 aliphatic rings. The lowest BCUT2D eigenvalue weighted by Gasteiger charge is -2.34. The summed E-state index contributed by atoms with van der Waals surface area (Å²) in [6.07, 6.45) is 0. The Morgan fingerprint density at radius 2 is 0.924 bits per heavy atom. The smallest absolute Gasteiger partial charge is 0.143 e. The molecule has 0 aliphatic heterocycles. The second-order valence-corrected chi connectivity index (χ2v) is 18.7. The number of nitrogens with zero attached hydrogens (tertiary/aromatic N) is 1. The Morgan fingerprint density at radius 3 is 1.71 bits per heavy atom. The molecule has 1 aromatic heterocycles. The van der Waals surface area contributed by atoms with E-state index < -0.39 is 5.41 Å². The maximum Gasteiger partial charge on any atom is 0.143 e. The summed E-state index contributed by atoms with van der Waals surface area (Å²) in [5.74, 6) is 0. The van der Waals surface area contributed by atoms with Crippen molar-refractivity contribution < 1.29 is 4.42 Å². The van der Waals surface area contributed by atoms with E-state index in [4.69, 9.17) is 4.42 Å². The first-order valence-electron chi connectivity index (χ1n) is 23.1. The second-order valence-electron chi connectivity index (χ2n) is 18.7. The molecular formula is C64H43NO. The number of fused-ring (bicyclic) bond motifs is 17. The van der Waals surface area contributed by atoms with Crippen LogP contribution in [0, 0.1) is 0 Å². The monoisotopic (exact) mass is 841 g/mol. The van der Waals surface area contributed by atoms with Gasteiger partial charge in [0.05, 0.1) is 11.1 Å². The van der Waals surface area contributed by atoms with Crippen molar-refractivity contribution in [3.05, 3.63) is 258 Å². The van der Waals surface area contributed by atoms with Crippen molar-refractivity contribution >= 4 is 39.0 Å². The fraction of sp³-hybridized carbons (Fsp3) is 0.0625. The van der Waals surface area contributed by atoms with Gasteiger partial charge in [0.25, 0.3) is 0 Å². The van der Waals surface area contributed by atoms with Gasteiger partial charge in [0.1, 0.15) is 11.2 Å². The molecule has 0 fully saturated rings. The summed E-state index contributed by atoms with van der Waals surface area (Å²) >= 11 is 0. The van der Waals surface area contributed by atoms with Gasteiger partial charge in [-0.25, -0.2) is 0 Å². The van der Waals surface area contributed by atoms with E-state index in [1.165, 1.54) is 89.0 Å². The standard InChI is InChI=1S/C64H43NO/c1-63(2)53-26-11-6-19-44(53)46-36-35-43(39-57(46)63)65(42-33-31-41(32-34-42)40-17-4-3-5-18-40)58-29-14-9-21-47(58)50-25-16-24-49-45-20-7-12-27-54(45)64(61(49)50)55-28-13-8-23-52(55)60-56(64)38-37-51-48-22-10-15-30-59(48)66-62(51)60/h3-39H,1-2H3/t64-/m0/s1. The number of hydrogen-bond acceptors (Lipinski definition) is 2. The van der Waals surface area contributed by atoms with Gasteiger partial charge < -0.3 is 9.32 Å². The lowest BCUT2D eigenvalue weighted by atomic mass is 9.68. The number of benzene rings is 10. The normalized spacial score (nSPS) is 15.6. The third-order valence-electron chi connectivity index (χ3n) is 15.1. The molecule has 2 heteroatoms. The number of hydrogen-bond donors (Lipinski definition) is 0. The van der Waals surface area contributed by atoms with Crippen molar-refractivity contribution in [3.63, 3.8) is 0 Å². The molecule has 0 saturated carbocycles. The minimum atomic E-state index is -0.597. The highest BCUT2D eigenvalue weighted by molar-refractivity contribution is 6.13. The van der Waals surface area contributed by atoms with Crippen molar-refractivity contribution in [2.75, 3.05) is 4.90 Å². The van der Waals surface area contributed by atoms with Gasteiger partial charge in [0.2, 0.25) is 0 Å². The maximum absolute atomic E-state index is 6.89. The van der Waals surface area contributed by atoms with E-state index in [0.717, 1.165) is 39.0 Å². The van der Waals surface area contributed by atoms with Gasteiger partial charge in [0, 0.05) is 38.7 Å². The van der Waals surface area contributed by atoms with Crippen molar-refractivity contribution in [1.82, 2.24) is 0 Å². The van der Waals surface area contributed by atoms with Crippen LogP contribution < -0.4 is 4.90 Å². The lowest BCUT2D eigenvalue weighted by molar-refractivity contribution is 0.660. The average molecular weight is 842 g/mol. The fourth-order valence-electron chi connectivity index (χ4n) is 12.3. The van der Waals surface area contributed by atoms with Gasteiger partial charge in [-0.05, 0) is 114 Å². The Morgan fingerprint density at radius 1 is 0.364 bits per heavy atom. The third-order valence-corrected chi connectivity index (χ3v) is 15.1. The topological polar surface area (TPSA) is 16.4 Å². The summed E-state index contributed by atoms with van der Waals surface area (Å²) in [5, 5.41) is 2.29. The van der Waals surface area contributed by atoms with Gasteiger partial charge in [-0.1, -0.05) is 202 Å². The minimum absolute atomic E-state index is 0.156. The molecule has 310 valence electrons. The molecule has 0 saturated heterocycles. The quantitative estimate of drug-likeness (QED) is 0.172. The lowest BCUT2D eigenvalue weighted by Crippen LogP contribution is -2.26. The van der Waals surface area contributed by atoms with Gasteiger partial charge >= 0.3 is 0 Å². The zero-order valence-electron chi connectivity index (χ0n) is 36.7. The van der Waals surface area contributed by atoms with Crippen LogP contribution in [0.3, 0.4) is 0 Å². The van der Waals surface area contributed by atoms with E-state index in [1.807, 2.05) is 0 Å². The van der Waals surface area contributed by atoms with Crippen LogP contribution in [-0.2, 0) is 10.8 Å². The van der Waals surface area contributed by atoms with E-state index in [1.54, 1.807) is 0 Å². The zero-order valence-corrected chi connectivity index (χ0v) is 36.7. The van der Waals surface area contributed by atoms with Gasteiger partial charge in [-0.15, -0.1) is 0 Å². The van der Waals surface area contributed by atoms with Gasteiger partial charge in [-0.3, -0.25) is 0 Å². The van der Waals surface area contributed by atoms with Crippen LogP contribution in [0.1, 0.15) is 47.2 Å². The summed E-state index contributed by atoms with van der Waals surface area (Å²) in [6.45, 7) is 4.74. The predicted molar refractivity (Wildman–Crippen MR) is 273 cm³/mol. The molecule has 0 amide bonds. The summed E-state index contributed by atoms with van der Waals surface area (Å²) in [4.78, 5) is 2.49. The molecule has 10 aromatic carbocycles. The Kier molecular flexibility index (Phi) is 7.70. The first-order chi connectivity index (χ1) is 32.5. The molecule has 1 atom stereocenters. The van der Waals surface area contributed by atoms with Crippen molar-refractivity contribution in [3.8, 4) is 55.6 Å². The first-order valence-corrected chi connectivity index (χ1v) is 23.1. The van der Waals surface area contributed by atoms with Crippen molar-refractivity contribution in [2.24, 2.45) is 0 Å². The van der Waals surface area contributed by atoms with Gasteiger partial charge in [-0.2, -0.15) is 0 Å². The molecule has 66 heavy (non-hydrogen) atoms. The zero-order chi connectivity index (χ0) is 43.7. The Labute approximate surface area is 384 Å². The third kappa shape index (κ3) is 4.91. The fourth-order valence-corrected chi connectivity index (χ4v) is 12.3. The number of rotatable bonds is 5. The van der Waals surface area contributed by atoms with Crippen LogP contribution in [-0.4, -0.2) is 0 Å². The van der Waals surface area contributed by atoms with Crippen molar-refractivity contribution in [1.29, 1.82) is 0 Å². The SMILES string of the molecule is CC1(C)c2ccccc2-c2ccc(N(c3ccc(-c4ccccc4)cc3)c3ccccc3-c3cccc4c3[C@@]3(c5ccccc5-4)c4ccccc4-c4c3ccc3c4oc4ccccc43)cc21. The van der Waals surface area contributed by atoms with Crippen LogP contribution in [0.5, 0.6) is 0 Å². The molecule has 11 aromatic rings. The molecule has 14 rings (SSSR count). The summed E-state index contributed by atoms with van der Waals surface area (Å²) in [5.41, 5.74) is 24.7. The van der Waals surface area contributed by atoms with Crippen molar-refractivity contribution in [2.45, 2.75) is 24.7 Å². The molecule has 0 unspecified atom stereocenters. The van der Waals surface area contributed by atoms with Crippen LogP contribution in [0.4, 0.5) is 17.1 Å². The minimum Gasteiger partial charge on any atom is -0.455 e. The highest BCUT2D eigenvalue weighted by Crippen LogP contribution is 2.66. The molecule has 0 radical (unpaired) electrons. The summed E-state index contributed by atoms with van der Waals surface area (Å²) in [7, 11) is 0. The Hall–Kier alpha value is -8.20. The first kappa shape index (κ1) is 37.2. The molecule has 0 N–H and O–H groups in total. The predicted octanol–water partition coefficient (Wildman–Crippen LogP) is 17.0. The highest BCUT2D eigenvalue weighted by Gasteiger charge is 2.53. The van der Waals surface area contributed by atoms with Crippen LogP contribution in [0.15, 0.2) is 229 Å². The van der Waals surface area contributed by atoms with E-state index >= 15 is 0 Å². The molecule has 3 aliphatic carbocycles. The molecular weight excluding hydrogens is 799 g/mol. The van der Waals surface area contributed by atoms with E-state index in [-0.39, 0.29) is 5.41 Å².